The first-order chi connectivity index (χ1) is 28.9. The van der Waals surface area contributed by atoms with Gasteiger partial charge < -0.3 is 43.6 Å². The van der Waals surface area contributed by atoms with E-state index in [1.165, 1.54) is 7.11 Å². The zero-order chi connectivity index (χ0) is 43.0. The van der Waals surface area contributed by atoms with Gasteiger partial charge in [0.05, 0.1) is 38.1 Å². The molecule has 2 amide bonds. The number of aliphatic hydroxyl groups is 2. The lowest BCUT2D eigenvalue weighted by Gasteiger charge is -2.60. The van der Waals surface area contributed by atoms with Crippen LogP contribution in [0.25, 0.3) is 0 Å². The molecule has 13 heteroatoms. The number of benzene rings is 2. The largest absolute Gasteiger partial charge is 0.497 e. The molecule has 6 atom stereocenters. The highest BCUT2D eigenvalue weighted by Gasteiger charge is 2.66. The molecule has 0 spiro atoms. The number of aliphatic hydroxyl groups excluding tert-OH is 2. The highest BCUT2D eigenvalue weighted by molar-refractivity contribution is 6.03. The van der Waals surface area contributed by atoms with E-state index in [1.807, 2.05) is 37.8 Å². The van der Waals surface area contributed by atoms with Crippen molar-refractivity contribution in [3.8, 4) is 23.0 Å². The van der Waals surface area contributed by atoms with Gasteiger partial charge in [0.2, 0.25) is 11.7 Å². The number of ether oxygens (including phenoxy) is 5. The van der Waals surface area contributed by atoms with Crippen molar-refractivity contribution in [2.24, 2.45) is 28.8 Å². The Hall–Kier alpha value is -4.59. The molecule has 328 valence electrons. The van der Waals surface area contributed by atoms with Crippen molar-refractivity contribution in [1.82, 2.24) is 4.90 Å². The number of methoxy groups -OCH3 is 2. The van der Waals surface area contributed by atoms with E-state index >= 15 is 0 Å². The lowest BCUT2D eigenvalue weighted by atomic mass is 9.55. The topological polar surface area (TPSA) is 158 Å². The normalized spacial score (nSPS) is 24.9. The fourth-order valence-electron chi connectivity index (χ4n) is 9.27. The zero-order valence-corrected chi connectivity index (χ0v) is 36.2. The van der Waals surface area contributed by atoms with E-state index in [0.29, 0.717) is 54.5 Å². The number of amides is 2. The molecule has 2 fully saturated rings. The molecule has 2 aromatic carbocycles. The van der Waals surface area contributed by atoms with Crippen molar-refractivity contribution < 1.29 is 48.3 Å². The number of hydrogen-bond acceptors (Lipinski definition) is 11. The Bertz CT molecular complexity index is 1890. The molecule has 0 saturated heterocycles. The van der Waals surface area contributed by atoms with Crippen LogP contribution in [0.2, 0.25) is 0 Å². The average Bonchev–Trinajstić information content (AvgIpc) is 4.08. The summed E-state index contributed by atoms with van der Waals surface area (Å²) in [5, 5.41) is 27.5. The van der Waals surface area contributed by atoms with E-state index in [1.54, 1.807) is 37.5 Å². The second kappa shape index (κ2) is 19.9. The third-order valence-electron chi connectivity index (χ3n) is 12.0. The summed E-state index contributed by atoms with van der Waals surface area (Å²) < 4.78 is 31.2. The number of nitrogens with zero attached hydrogens (tertiary/aromatic N) is 2. The van der Waals surface area contributed by atoms with Crippen LogP contribution in [0.5, 0.6) is 23.0 Å². The fourth-order valence-corrected chi connectivity index (χ4v) is 9.27. The number of unbranched alkanes of at least 4 members (excludes halogenated alkanes) is 2. The zero-order valence-electron chi connectivity index (χ0n) is 36.2. The second-order valence-corrected chi connectivity index (χ2v) is 17.4. The summed E-state index contributed by atoms with van der Waals surface area (Å²) in [6, 6.07) is 9.96. The Morgan fingerprint density at radius 2 is 1.75 bits per heavy atom. The maximum Gasteiger partial charge on any atom is 0.417 e. The van der Waals surface area contributed by atoms with Crippen molar-refractivity contribution in [3.05, 3.63) is 66.3 Å². The standard InChI is InChI=1S/C47H65N3O10/c1-8-22-50(44(53)30-16-17-30)41-29-38(49-60-46(3,4)5)35-26-31(14-10-12-23-51)34(15-11-13-24-52)42-36-27-33(19-21-39(36)59-47(41,43(35)42)57-25-9-2)58-45(54)48-37-20-18-32(55-6)28-40(37)56-7/h9,18-21,26-28,30-31,34,41-43,51-52H,2,8,10-17,22-25,29H2,1,3-7H3,(H,48,54)/t31-,34+,41-,42+,43+,47+/m0/s1. The summed E-state index contributed by atoms with van der Waals surface area (Å²) in [4.78, 5) is 36.1. The Labute approximate surface area is 355 Å². The molecule has 0 radical (unpaired) electrons. The Kier molecular flexibility index (Phi) is 14.9. The molecule has 3 aliphatic carbocycles. The maximum absolute atomic E-state index is 14.4. The molecular formula is C47H65N3O10. The average molecular weight is 832 g/mol. The quantitative estimate of drug-likeness (QED) is 0.0673. The Morgan fingerprint density at radius 1 is 1.02 bits per heavy atom. The monoisotopic (exact) mass is 831 g/mol. The number of anilines is 1. The van der Waals surface area contributed by atoms with Crippen LogP contribution < -0.4 is 24.3 Å². The molecule has 2 saturated carbocycles. The van der Waals surface area contributed by atoms with Gasteiger partial charge in [0, 0.05) is 49.6 Å². The van der Waals surface area contributed by atoms with Gasteiger partial charge in [-0.05, 0) is 113 Å². The minimum Gasteiger partial charge on any atom is -0.497 e. The molecule has 60 heavy (non-hydrogen) atoms. The minimum atomic E-state index is -1.34. The molecule has 1 aliphatic heterocycles. The maximum atomic E-state index is 14.4. The van der Waals surface area contributed by atoms with Crippen LogP contribution in [0.3, 0.4) is 0 Å². The van der Waals surface area contributed by atoms with Gasteiger partial charge in [-0.15, -0.1) is 6.58 Å². The summed E-state index contributed by atoms with van der Waals surface area (Å²) in [5.41, 5.74) is 2.39. The van der Waals surface area contributed by atoms with E-state index < -0.39 is 29.4 Å². The first-order valence-electron chi connectivity index (χ1n) is 21.7. The highest BCUT2D eigenvalue weighted by atomic mass is 16.7. The van der Waals surface area contributed by atoms with E-state index in [4.69, 9.17) is 33.7 Å². The number of rotatable bonds is 20. The third-order valence-corrected chi connectivity index (χ3v) is 12.0. The Balaban J connectivity index is 1.53. The van der Waals surface area contributed by atoms with Gasteiger partial charge in [0.15, 0.2) is 0 Å². The van der Waals surface area contributed by atoms with Gasteiger partial charge in [-0.25, -0.2) is 4.79 Å². The van der Waals surface area contributed by atoms with Gasteiger partial charge >= 0.3 is 6.09 Å². The molecule has 4 aliphatic rings. The summed E-state index contributed by atoms with van der Waals surface area (Å²) in [6.07, 6.45) is 10.6. The van der Waals surface area contributed by atoms with Crippen LogP contribution in [0.1, 0.15) is 103 Å². The van der Waals surface area contributed by atoms with Crippen molar-refractivity contribution in [3.63, 3.8) is 0 Å². The third kappa shape index (κ3) is 9.95. The van der Waals surface area contributed by atoms with Crippen LogP contribution >= 0.6 is 0 Å². The second-order valence-electron chi connectivity index (χ2n) is 17.4. The summed E-state index contributed by atoms with van der Waals surface area (Å²) in [6.45, 7) is 12.9. The molecule has 0 unspecified atom stereocenters. The number of hydrogen-bond donors (Lipinski definition) is 3. The van der Waals surface area contributed by atoms with E-state index in [0.717, 1.165) is 61.8 Å². The highest BCUT2D eigenvalue weighted by Crippen LogP contribution is 2.62. The number of oxime groups is 1. The number of fused-ring (bicyclic) bond motifs is 2. The predicted molar refractivity (Wildman–Crippen MR) is 230 cm³/mol. The molecule has 0 aromatic heterocycles. The molecule has 0 bridgehead atoms. The summed E-state index contributed by atoms with van der Waals surface area (Å²) >= 11 is 0. The fraction of sp³-hybridized carbons (Fsp3) is 0.596. The number of carbonyl (C=O) groups is 2. The van der Waals surface area contributed by atoms with Crippen molar-refractivity contribution in [2.75, 3.05) is 45.9 Å². The van der Waals surface area contributed by atoms with Gasteiger partial charge in [-0.2, -0.15) is 0 Å². The van der Waals surface area contributed by atoms with E-state index in [9.17, 15) is 19.8 Å². The van der Waals surface area contributed by atoms with Crippen LogP contribution in [-0.2, 0) is 14.4 Å². The lowest BCUT2D eigenvalue weighted by Crippen LogP contribution is -2.70. The summed E-state index contributed by atoms with van der Waals surface area (Å²) in [5.74, 6) is -0.0310. The van der Waals surface area contributed by atoms with Gasteiger partial charge in [0.25, 0.3) is 0 Å². The van der Waals surface area contributed by atoms with Gasteiger partial charge in [-0.1, -0.05) is 37.1 Å². The van der Waals surface area contributed by atoms with E-state index in [-0.39, 0.29) is 49.4 Å². The van der Waals surface area contributed by atoms with Crippen molar-refractivity contribution >= 4 is 23.4 Å². The molecule has 3 N–H and O–H groups in total. The minimum absolute atomic E-state index is 0.0216. The number of allylic oxidation sites excluding steroid dienone is 1. The van der Waals surface area contributed by atoms with Crippen molar-refractivity contribution in [2.45, 2.75) is 115 Å². The van der Waals surface area contributed by atoms with Crippen LogP contribution in [0.15, 0.2) is 65.9 Å². The SMILES string of the molecule is C=CCO[C@@]12Oc3ccc(OC(=O)Nc4ccc(OC)cc4OC)cc3[C@H]3[C@H](CCCCO)[C@@H](CCCCO)C=C(C(=NOC(C)(C)C)C[C@@H]1N(CCC)C(=O)C1CC1)[C@H]32. The Morgan fingerprint density at radius 3 is 2.40 bits per heavy atom. The van der Waals surface area contributed by atoms with Gasteiger partial charge in [0.1, 0.15) is 34.6 Å². The van der Waals surface area contributed by atoms with E-state index in [2.05, 4.69) is 24.9 Å². The molecule has 13 nitrogen and oxygen atoms in total. The molecule has 6 rings (SSSR count). The van der Waals surface area contributed by atoms with Crippen LogP contribution in [0.4, 0.5) is 10.5 Å². The smallest absolute Gasteiger partial charge is 0.417 e. The molecular weight excluding hydrogens is 767 g/mol. The van der Waals surface area contributed by atoms with Gasteiger partial charge in [-0.3, -0.25) is 10.1 Å². The molecule has 1 heterocycles. The summed E-state index contributed by atoms with van der Waals surface area (Å²) in [7, 11) is 3.07. The number of carbonyl (C=O) groups excluding carboxylic acids is 2. The predicted octanol–water partition coefficient (Wildman–Crippen LogP) is 8.40. The molecule has 2 aromatic rings. The lowest BCUT2D eigenvalue weighted by molar-refractivity contribution is -0.257. The first-order valence-corrected chi connectivity index (χ1v) is 21.7. The van der Waals surface area contributed by atoms with Crippen LogP contribution in [-0.4, -0.2) is 90.8 Å². The first kappa shape index (κ1) is 44.9. The number of nitrogens with one attached hydrogen (secondary N) is 1. The van der Waals surface area contributed by atoms with Crippen LogP contribution in [0, 0.1) is 23.7 Å². The van der Waals surface area contributed by atoms with Crippen molar-refractivity contribution in [1.29, 1.82) is 0 Å².